The minimum atomic E-state index is -0.934. The van der Waals surface area contributed by atoms with Gasteiger partial charge in [-0.1, -0.05) is 5.21 Å². The van der Waals surface area contributed by atoms with Gasteiger partial charge < -0.3 is 10.0 Å². The molecule has 10 heteroatoms. The van der Waals surface area contributed by atoms with Crippen molar-refractivity contribution in [2.45, 2.75) is 25.9 Å². The van der Waals surface area contributed by atoms with Crippen molar-refractivity contribution in [2.24, 2.45) is 0 Å². The highest BCUT2D eigenvalue weighted by Gasteiger charge is 2.26. The zero-order valence-corrected chi connectivity index (χ0v) is 15.0. The van der Waals surface area contributed by atoms with Crippen LogP contribution in [0.25, 0.3) is 5.69 Å². The van der Waals surface area contributed by atoms with E-state index >= 15 is 0 Å². The van der Waals surface area contributed by atoms with Crippen molar-refractivity contribution in [1.29, 1.82) is 0 Å². The molecule has 0 fully saturated rings. The molecular formula is C19H15F2N5O3. The average molecular weight is 399 g/mol. The summed E-state index contributed by atoms with van der Waals surface area (Å²) in [7, 11) is 0. The van der Waals surface area contributed by atoms with Crippen LogP contribution in [0.15, 0.2) is 36.7 Å². The molecule has 29 heavy (non-hydrogen) atoms. The fourth-order valence-corrected chi connectivity index (χ4v) is 3.12. The third kappa shape index (κ3) is 3.82. The van der Waals surface area contributed by atoms with Crippen LogP contribution in [0.5, 0.6) is 0 Å². The molecule has 1 aliphatic heterocycles. The number of carbonyl (C=O) groups excluding carboxylic acids is 1. The summed E-state index contributed by atoms with van der Waals surface area (Å²) in [6.45, 7) is 0.371. The highest BCUT2D eigenvalue weighted by molar-refractivity contribution is 5.92. The molecule has 0 atom stereocenters. The third-order valence-corrected chi connectivity index (χ3v) is 4.62. The van der Waals surface area contributed by atoms with Crippen LogP contribution < -0.4 is 0 Å². The normalized spacial score (nSPS) is 12.8. The van der Waals surface area contributed by atoms with Crippen molar-refractivity contribution in [1.82, 2.24) is 24.9 Å². The number of benzene rings is 1. The Labute approximate surface area is 163 Å². The van der Waals surface area contributed by atoms with Gasteiger partial charge in [0.15, 0.2) is 11.6 Å². The van der Waals surface area contributed by atoms with Gasteiger partial charge in [-0.3, -0.25) is 9.59 Å². The SMILES string of the molecule is O=C(O)CCc1cn(-c2ccc(C(=O)N3Cc4cc(F)c(F)cc4C3)nc2)nn1. The maximum atomic E-state index is 13.4. The molecule has 1 aliphatic rings. The van der Waals surface area contributed by atoms with Crippen LogP contribution in [0.4, 0.5) is 8.78 Å². The van der Waals surface area contributed by atoms with E-state index in [1.54, 1.807) is 12.3 Å². The molecule has 8 nitrogen and oxygen atoms in total. The maximum absolute atomic E-state index is 13.4. The zero-order valence-electron chi connectivity index (χ0n) is 15.0. The van der Waals surface area contributed by atoms with Crippen molar-refractivity contribution < 1.29 is 23.5 Å². The van der Waals surface area contributed by atoms with Crippen molar-refractivity contribution in [3.63, 3.8) is 0 Å². The van der Waals surface area contributed by atoms with E-state index in [4.69, 9.17) is 5.11 Å². The summed E-state index contributed by atoms with van der Waals surface area (Å²) in [5.41, 5.74) is 2.43. The molecule has 0 bridgehead atoms. The molecule has 148 valence electrons. The maximum Gasteiger partial charge on any atom is 0.303 e. The van der Waals surface area contributed by atoms with E-state index in [9.17, 15) is 18.4 Å². The summed E-state index contributed by atoms with van der Waals surface area (Å²) < 4.78 is 28.2. The van der Waals surface area contributed by atoms with Gasteiger partial charge in [0.25, 0.3) is 5.91 Å². The molecule has 3 aromatic rings. The molecule has 2 aromatic heterocycles. The van der Waals surface area contributed by atoms with Gasteiger partial charge in [-0.05, 0) is 35.4 Å². The second-order valence-corrected chi connectivity index (χ2v) is 6.65. The number of carboxylic acids is 1. The molecule has 0 saturated heterocycles. The minimum absolute atomic E-state index is 0.0452. The number of hydrogen-bond acceptors (Lipinski definition) is 5. The van der Waals surface area contributed by atoms with Crippen molar-refractivity contribution in [3.8, 4) is 5.69 Å². The summed E-state index contributed by atoms with van der Waals surface area (Å²) in [5, 5.41) is 16.6. The fraction of sp³-hybridized carbons (Fsp3) is 0.211. The smallest absolute Gasteiger partial charge is 0.303 e. The van der Waals surface area contributed by atoms with Crippen LogP contribution in [-0.2, 0) is 24.3 Å². The summed E-state index contributed by atoms with van der Waals surface area (Å²) in [6.07, 6.45) is 3.26. The van der Waals surface area contributed by atoms with E-state index in [0.29, 0.717) is 22.5 Å². The molecule has 1 N–H and O–H groups in total. The van der Waals surface area contributed by atoms with E-state index in [2.05, 4.69) is 15.3 Å². The first-order valence-corrected chi connectivity index (χ1v) is 8.76. The van der Waals surface area contributed by atoms with E-state index in [-0.39, 0.29) is 37.5 Å². The number of aliphatic carboxylic acids is 1. The lowest BCUT2D eigenvalue weighted by Crippen LogP contribution is -2.26. The quantitative estimate of drug-likeness (QED) is 0.705. The second-order valence-electron chi connectivity index (χ2n) is 6.65. The number of halogens is 2. The van der Waals surface area contributed by atoms with Crippen LogP contribution in [0, 0.1) is 11.6 Å². The third-order valence-electron chi connectivity index (χ3n) is 4.62. The molecule has 0 unspecified atom stereocenters. The molecule has 0 saturated carbocycles. The summed E-state index contributed by atoms with van der Waals surface area (Å²) in [5.74, 6) is -3.14. The fourth-order valence-electron chi connectivity index (χ4n) is 3.12. The molecular weight excluding hydrogens is 384 g/mol. The van der Waals surface area contributed by atoms with Crippen molar-refractivity contribution >= 4 is 11.9 Å². The first-order chi connectivity index (χ1) is 13.9. The predicted molar refractivity (Wildman–Crippen MR) is 95.0 cm³/mol. The number of fused-ring (bicyclic) bond motifs is 1. The van der Waals surface area contributed by atoms with Crippen LogP contribution in [-0.4, -0.2) is 41.9 Å². The van der Waals surface area contributed by atoms with E-state index in [1.165, 1.54) is 21.8 Å². The highest BCUT2D eigenvalue weighted by Crippen LogP contribution is 2.26. The van der Waals surface area contributed by atoms with E-state index in [0.717, 1.165) is 12.1 Å². The Balaban J connectivity index is 1.46. The number of aryl methyl sites for hydroxylation is 1. The van der Waals surface area contributed by atoms with E-state index < -0.39 is 17.6 Å². The number of nitrogens with zero attached hydrogens (tertiary/aromatic N) is 5. The topological polar surface area (TPSA) is 101 Å². The second kappa shape index (κ2) is 7.38. The molecule has 0 radical (unpaired) electrons. The van der Waals surface area contributed by atoms with Gasteiger partial charge in [0.2, 0.25) is 0 Å². The number of carboxylic acid groups (broad SMARTS) is 1. The Hall–Kier alpha value is -3.69. The molecule has 1 aromatic carbocycles. The number of aromatic nitrogens is 4. The Morgan fingerprint density at radius 3 is 2.38 bits per heavy atom. The molecule has 3 heterocycles. The van der Waals surface area contributed by atoms with Crippen molar-refractivity contribution in [3.05, 3.63) is 70.8 Å². The van der Waals surface area contributed by atoms with Crippen LogP contribution in [0.2, 0.25) is 0 Å². The van der Waals surface area contributed by atoms with Gasteiger partial charge in [-0.15, -0.1) is 5.10 Å². The van der Waals surface area contributed by atoms with Gasteiger partial charge in [0.05, 0.1) is 30.2 Å². The number of hydrogen-bond donors (Lipinski definition) is 1. The molecule has 0 aliphatic carbocycles. The zero-order chi connectivity index (χ0) is 20.5. The molecule has 4 rings (SSSR count). The lowest BCUT2D eigenvalue weighted by molar-refractivity contribution is -0.136. The lowest BCUT2D eigenvalue weighted by atomic mass is 10.1. The van der Waals surface area contributed by atoms with Crippen LogP contribution in [0.1, 0.15) is 33.7 Å². The summed E-state index contributed by atoms with van der Waals surface area (Å²) in [6, 6.07) is 5.39. The minimum Gasteiger partial charge on any atom is -0.481 e. The summed E-state index contributed by atoms with van der Waals surface area (Å²) in [4.78, 5) is 28.9. The first kappa shape index (κ1) is 18.7. The summed E-state index contributed by atoms with van der Waals surface area (Å²) >= 11 is 0. The van der Waals surface area contributed by atoms with Gasteiger partial charge in [-0.25, -0.2) is 18.4 Å². The van der Waals surface area contributed by atoms with Gasteiger partial charge in [0, 0.05) is 19.5 Å². The number of carbonyl (C=O) groups is 2. The largest absolute Gasteiger partial charge is 0.481 e. The number of rotatable bonds is 5. The molecule has 1 amide bonds. The van der Waals surface area contributed by atoms with Crippen LogP contribution in [0.3, 0.4) is 0 Å². The Morgan fingerprint density at radius 1 is 1.10 bits per heavy atom. The number of pyridine rings is 1. The van der Waals surface area contributed by atoms with Gasteiger partial charge in [0.1, 0.15) is 5.69 Å². The monoisotopic (exact) mass is 399 g/mol. The first-order valence-electron chi connectivity index (χ1n) is 8.76. The van der Waals surface area contributed by atoms with E-state index in [1.807, 2.05) is 0 Å². The average Bonchev–Trinajstić information content (AvgIpc) is 3.33. The molecule has 0 spiro atoms. The van der Waals surface area contributed by atoms with Crippen LogP contribution >= 0.6 is 0 Å². The Kier molecular flexibility index (Phi) is 4.75. The Bertz CT molecular complexity index is 1070. The highest BCUT2D eigenvalue weighted by atomic mass is 19.2. The Morgan fingerprint density at radius 2 is 1.79 bits per heavy atom. The van der Waals surface area contributed by atoms with Gasteiger partial charge >= 0.3 is 5.97 Å². The van der Waals surface area contributed by atoms with Gasteiger partial charge in [-0.2, -0.15) is 0 Å². The predicted octanol–water partition coefficient (Wildman–Crippen LogP) is 2.11. The van der Waals surface area contributed by atoms with Crippen molar-refractivity contribution in [2.75, 3.05) is 0 Å². The lowest BCUT2D eigenvalue weighted by Gasteiger charge is -2.14. The standard InChI is InChI=1S/C19H15F2N5O3/c20-15-5-11-8-25(9-12(11)6-16(15)21)19(29)17-3-2-14(7-22-17)26-10-13(23-24-26)1-4-18(27)28/h2-3,5-7,10H,1,4,8-9H2,(H,27,28). The number of amides is 1.